The molecule has 0 spiro atoms. The number of halogens is 3. The number of anilines is 2. The van der Waals surface area contributed by atoms with E-state index in [0.717, 1.165) is 10.2 Å². The summed E-state index contributed by atoms with van der Waals surface area (Å²) in [5, 5.41) is 13.8. The lowest BCUT2D eigenvalue weighted by Gasteiger charge is -2.32. The Kier molecular flexibility index (Phi) is 5.15. The van der Waals surface area contributed by atoms with Crippen molar-refractivity contribution in [3.63, 3.8) is 0 Å². The average Bonchev–Trinajstić information content (AvgIpc) is 3.54. The Bertz CT molecular complexity index is 1250. The number of fused-ring (bicyclic) bond motifs is 1. The number of hydrogen-bond acceptors (Lipinski definition) is 5. The Morgan fingerprint density at radius 3 is 2.76 bits per heavy atom. The van der Waals surface area contributed by atoms with E-state index in [0.29, 0.717) is 18.0 Å². The van der Waals surface area contributed by atoms with Crippen LogP contribution in [0.2, 0.25) is 0 Å². The summed E-state index contributed by atoms with van der Waals surface area (Å²) in [7, 11) is 0. The van der Waals surface area contributed by atoms with Gasteiger partial charge in [-0.2, -0.15) is 23.4 Å². The smallest absolute Gasteiger partial charge is 0.410 e. The quantitative estimate of drug-likeness (QED) is 0.457. The third-order valence-electron chi connectivity index (χ3n) is 5.39. The zero-order valence-electron chi connectivity index (χ0n) is 17.2. The van der Waals surface area contributed by atoms with Gasteiger partial charge in [0.25, 0.3) is 5.91 Å². The molecule has 2 N–H and O–H groups in total. The molecule has 1 aromatic carbocycles. The molecule has 4 aromatic rings. The van der Waals surface area contributed by atoms with Crippen LogP contribution in [0.25, 0.3) is 0 Å². The number of rotatable bonds is 5. The number of nitrogens with one attached hydrogen (secondary N) is 2. The van der Waals surface area contributed by atoms with E-state index >= 15 is 0 Å². The summed E-state index contributed by atoms with van der Waals surface area (Å²) < 4.78 is 49.0. The van der Waals surface area contributed by atoms with Crippen molar-refractivity contribution in [1.29, 1.82) is 0 Å². The second-order valence-electron chi connectivity index (χ2n) is 7.73. The van der Waals surface area contributed by atoms with Gasteiger partial charge in [0.05, 0.1) is 30.7 Å². The highest BCUT2D eigenvalue weighted by Gasteiger charge is 2.47. The summed E-state index contributed by atoms with van der Waals surface area (Å²) in [4.78, 5) is 12.7. The zero-order valence-corrected chi connectivity index (χ0v) is 17.2. The third kappa shape index (κ3) is 4.34. The Morgan fingerprint density at radius 2 is 2.03 bits per heavy atom. The van der Waals surface area contributed by atoms with Gasteiger partial charge in [-0.25, -0.2) is 4.68 Å². The van der Waals surface area contributed by atoms with Gasteiger partial charge in [-0.05, 0) is 17.7 Å². The number of aromatic nitrogens is 4. The van der Waals surface area contributed by atoms with Gasteiger partial charge in [-0.3, -0.25) is 9.48 Å². The van der Waals surface area contributed by atoms with E-state index in [9.17, 15) is 18.0 Å². The number of alkyl halides is 3. The molecule has 170 valence electrons. The SMILES string of the molecule is O=C(Nc1cnn(Cc2ccccc2)c1)c1cc2n(n1)[C@@H](C(F)(F)F)C[C@H](c1ccco1)N2. The van der Waals surface area contributed by atoms with Gasteiger partial charge in [-0.15, -0.1) is 0 Å². The van der Waals surface area contributed by atoms with Crippen LogP contribution in [0.4, 0.5) is 24.7 Å². The molecule has 0 bridgehead atoms. The molecule has 0 saturated carbocycles. The lowest BCUT2D eigenvalue weighted by molar-refractivity contribution is -0.174. The van der Waals surface area contributed by atoms with Crippen LogP contribution in [-0.4, -0.2) is 31.6 Å². The number of furan rings is 1. The van der Waals surface area contributed by atoms with Gasteiger partial charge >= 0.3 is 6.18 Å². The maximum absolute atomic E-state index is 13.7. The zero-order chi connectivity index (χ0) is 23.0. The molecule has 0 saturated heterocycles. The number of carbonyl (C=O) groups excluding carboxylic acids is 1. The molecule has 0 unspecified atom stereocenters. The Morgan fingerprint density at radius 1 is 1.21 bits per heavy atom. The molecule has 3 aromatic heterocycles. The molecule has 11 heteroatoms. The minimum absolute atomic E-state index is 0.0925. The fraction of sp³-hybridized carbons (Fsp3) is 0.227. The van der Waals surface area contributed by atoms with Gasteiger partial charge in [0.15, 0.2) is 11.7 Å². The van der Waals surface area contributed by atoms with Gasteiger partial charge in [0.2, 0.25) is 0 Å². The molecule has 1 aliphatic rings. The van der Waals surface area contributed by atoms with Crippen LogP contribution in [0.15, 0.2) is 71.6 Å². The summed E-state index contributed by atoms with van der Waals surface area (Å²) >= 11 is 0. The first kappa shape index (κ1) is 20.9. The number of nitrogens with zero attached hydrogens (tertiary/aromatic N) is 4. The predicted octanol–water partition coefficient (Wildman–Crippen LogP) is 4.63. The second-order valence-corrected chi connectivity index (χ2v) is 7.73. The highest BCUT2D eigenvalue weighted by molar-refractivity contribution is 6.03. The average molecular weight is 456 g/mol. The van der Waals surface area contributed by atoms with E-state index < -0.39 is 24.2 Å². The largest absolute Gasteiger partial charge is 0.467 e. The molecule has 1 amide bonds. The summed E-state index contributed by atoms with van der Waals surface area (Å²) in [5.41, 5.74) is 1.31. The highest BCUT2D eigenvalue weighted by Crippen LogP contribution is 2.43. The topological polar surface area (TPSA) is 89.9 Å². The minimum atomic E-state index is -4.54. The molecular formula is C22H19F3N6O2. The normalized spacial score (nSPS) is 17.9. The first-order valence-electron chi connectivity index (χ1n) is 10.2. The number of benzene rings is 1. The number of carbonyl (C=O) groups is 1. The number of amides is 1. The Balaban J connectivity index is 1.34. The summed E-state index contributed by atoms with van der Waals surface area (Å²) in [6, 6.07) is 11.6. The molecule has 1 aliphatic heterocycles. The molecule has 0 fully saturated rings. The molecule has 0 aliphatic carbocycles. The van der Waals surface area contributed by atoms with Gasteiger partial charge < -0.3 is 15.1 Å². The van der Waals surface area contributed by atoms with Gasteiger partial charge in [0.1, 0.15) is 11.6 Å². The van der Waals surface area contributed by atoms with Crippen LogP contribution in [0.1, 0.15) is 40.3 Å². The molecule has 0 radical (unpaired) electrons. The first-order valence-corrected chi connectivity index (χ1v) is 10.2. The van der Waals surface area contributed by atoms with Crippen molar-refractivity contribution < 1.29 is 22.4 Å². The first-order chi connectivity index (χ1) is 15.9. The lowest BCUT2D eigenvalue weighted by atomic mass is 10.0. The van der Waals surface area contributed by atoms with Crippen LogP contribution < -0.4 is 10.6 Å². The molecule has 5 rings (SSSR count). The van der Waals surface area contributed by atoms with E-state index in [-0.39, 0.29) is 17.9 Å². The molecule has 2 atom stereocenters. The molecular weight excluding hydrogens is 437 g/mol. The van der Waals surface area contributed by atoms with Crippen LogP contribution in [-0.2, 0) is 6.54 Å². The monoisotopic (exact) mass is 456 g/mol. The Labute approximate surface area is 186 Å². The second kappa shape index (κ2) is 8.15. The van der Waals surface area contributed by atoms with E-state index in [1.807, 2.05) is 30.3 Å². The van der Waals surface area contributed by atoms with E-state index in [2.05, 4.69) is 20.8 Å². The summed E-state index contributed by atoms with van der Waals surface area (Å²) in [6.07, 6.45) is -0.327. The van der Waals surface area contributed by atoms with Crippen molar-refractivity contribution >= 4 is 17.4 Å². The van der Waals surface area contributed by atoms with Crippen LogP contribution >= 0.6 is 0 Å². The maximum atomic E-state index is 13.7. The van der Waals surface area contributed by atoms with Crippen molar-refractivity contribution in [3.05, 3.63) is 84.2 Å². The molecule has 4 heterocycles. The standard InChI is InChI=1S/C22H19F3N6O2/c23-22(24,25)19-9-16(18-7-4-8-33-18)28-20-10-17(29-31(19)20)21(32)27-15-11-26-30(13-15)12-14-5-2-1-3-6-14/h1-8,10-11,13,16,19,28H,9,12H2,(H,27,32)/t16-,19-/m1/s1. The van der Waals surface area contributed by atoms with Crippen molar-refractivity contribution in [2.24, 2.45) is 0 Å². The molecule has 8 nitrogen and oxygen atoms in total. The lowest BCUT2D eigenvalue weighted by Crippen LogP contribution is -2.35. The highest BCUT2D eigenvalue weighted by atomic mass is 19.4. The predicted molar refractivity (Wildman–Crippen MR) is 113 cm³/mol. The van der Waals surface area contributed by atoms with Gasteiger partial charge in [0, 0.05) is 18.7 Å². The van der Waals surface area contributed by atoms with Crippen molar-refractivity contribution in [2.75, 3.05) is 10.6 Å². The fourth-order valence-corrected chi connectivity index (χ4v) is 3.84. The Hall–Kier alpha value is -4.02. The summed E-state index contributed by atoms with van der Waals surface area (Å²) in [6.45, 7) is 0.515. The van der Waals surface area contributed by atoms with Crippen molar-refractivity contribution in [2.45, 2.75) is 31.2 Å². The maximum Gasteiger partial charge on any atom is 0.410 e. The number of hydrogen-bond donors (Lipinski definition) is 2. The molecule has 33 heavy (non-hydrogen) atoms. The van der Waals surface area contributed by atoms with Crippen LogP contribution in [0.5, 0.6) is 0 Å². The van der Waals surface area contributed by atoms with E-state index in [1.165, 1.54) is 18.5 Å². The van der Waals surface area contributed by atoms with E-state index in [4.69, 9.17) is 4.42 Å². The van der Waals surface area contributed by atoms with Gasteiger partial charge in [-0.1, -0.05) is 30.3 Å². The van der Waals surface area contributed by atoms with E-state index in [1.54, 1.807) is 23.0 Å². The van der Waals surface area contributed by atoms with Crippen molar-refractivity contribution in [3.8, 4) is 0 Å². The fourth-order valence-electron chi connectivity index (χ4n) is 3.84. The third-order valence-corrected chi connectivity index (χ3v) is 5.39. The van der Waals surface area contributed by atoms with Crippen LogP contribution in [0.3, 0.4) is 0 Å². The van der Waals surface area contributed by atoms with Crippen LogP contribution in [0, 0.1) is 0 Å². The van der Waals surface area contributed by atoms with Crippen molar-refractivity contribution in [1.82, 2.24) is 19.6 Å². The minimum Gasteiger partial charge on any atom is -0.467 e. The summed E-state index contributed by atoms with van der Waals surface area (Å²) in [5.74, 6) is -0.156.